The van der Waals surface area contributed by atoms with Crippen LogP contribution in [0.25, 0.3) is 11.0 Å². The molecule has 0 atom stereocenters. The molecule has 0 aromatic carbocycles. The zero-order valence-corrected chi connectivity index (χ0v) is 11.2. The number of aromatic nitrogens is 2. The van der Waals surface area contributed by atoms with E-state index in [1.807, 2.05) is 0 Å². The molecule has 2 aromatic heterocycles. The maximum Gasteiger partial charge on any atom is 0.338 e. The van der Waals surface area contributed by atoms with Crippen LogP contribution in [0.3, 0.4) is 0 Å². The van der Waals surface area contributed by atoms with Gasteiger partial charge < -0.3 is 14.6 Å². The molecule has 0 aliphatic heterocycles. The highest BCUT2D eigenvalue weighted by Crippen LogP contribution is 2.25. The summed E-state index contributed by atoms with van der Waals surface area (Å²) >= 11 is 6.08. The number of methoxy groups -OCH3 is 1. The molecule has 0 spiro atoms. The Bertz CT molecular complexity index is 651. The fourth-order valence-corrected chi connectivity index (χ4v) is 2.03. The number of rotatable bonds is 3. The van der Waals surface area contributed by atoms with Crippen molar-refractivity contribution in [1.82, 2.24) is 14.9 Å². The lowest BCUT2D eigenvalue weighted by Crippen LogP contribution is -2.23. The predicted molar refractivity (Wildman–Crippen MR) is 70.1 cm³/mol. The minimum atomic E-state index is -0.471. The lowest BCUT2D eigenvalue weighted by atomic mass is 10.2. The number of hydrogen-bond donors (Lipinski definition) is 1. The number of carbonyl (C=O) groups is 2. The number of halogens is 1. The highest BCUT2D eigenvalue weighted by atomic mass is 35.5. The van der Waals surface area contributed by atoms with Crippen molar-refractivity contribution in [2.75, 3.05) is 14.2 Å². The Labute approximate surface area is 114 Å². The van der Waals surface area contributed by atoms with Crippen LogP contribution in [-0.4, -0.2) is 35.6 Å². The number of nitrogens with one attached hydrogen (secondary N) is 1. The molecular weight excluding hydrogens is 270 g/mol. The molecule has 2 aromatic rings. The van der Waals surface area contributed by atoms with Gasteiger partial charge in [0.15, 0.2) is 0 Å². The first kappa shape index (κ1) is 13.4. The maximum absolute atomic E-state index is 11.6. The lowest BCUT2D eigenvalue weighted by Gasteiger charge is -2.05. The number of likely N-dealkylation sites (N-methyl/N-ethyl adjacent to an activating group) is 1. The third kappa shape index (κ3) is 2.39. The SMILES string of the molecule is CNC(=O)Cn1c(Cl)cc2c(C(=O)OC)ccnc21. The van der Waals surface area contributed by atoms with E-state index in [9.17, 15) is 9.59 Å². The maximum atomic E-state index is 11.6. The van der Waals surface area contributed by atoms with Crippen LogP contribution in [0.1, 0.15) is 10.4 Å². The first-order chi connectivity index (χ1) is 9.08. The van der Waals surface area contributed by atoms with Crippen molar-refractivity contribution in [2.24, 2.45) is 0 Å². The monoisotopic (exact) mass is 281 g/mol. The van der Waals surface area contributed by atoms with Crippen molar-refractivity contribution in [3.63, 3.8) is 0 Å². The van der Waals surface area contributed by atoms with Crippen molar-refractivity contribution < 1.29 is 14.3 Å². The Morgan fingerprint density at radius 1 is 1.53 bits per heavy atom. The largest absolute Gasteiger partial charge is 0.465 e. The van der Waals surface area contributed by atoms with E-state index in [-0.39, 0.29) is 12.5 Å². The van der Waals surface area contributed by atoms with Crippen LogP contribution in [0.2, 0.25) is 5.15 Å². The summed E-state index contributed by atoms with van der Waals surface area (Å²) < 4.78 is 6.23. The van der Waals surface area contributed by atoms with Gasteiger partial charge in [-0.2, -0.15) is 0 Å². The van der Waals surface area contributed by atoms with Crippen molar-refractivity contribution in [2.45, 2.75) is 6.54 Å². The van der Waals surface area contributed by atoms with Crippen LogP contribution < -0.4 is 5.32 Å². The molecule has 2 rings (SSSR count). The van der Waals surface area contributed by atoms with E-state index in [4.69, 9.17) is 16.3 Å². The number of carbonyl (C=O) groups excluding carboxylic acids is 2. The number of pyridine rings is 1. The van der Waals surface area contributed by atoms with Crippen LogP contribution in [0.4, 0.5) is 0 Å². The zero-order valence-electron chi connectivity index (χ0n) is 10.4. The van der Waals surface area contributed by atoms with Crippen molar-refractivity contribution >= 4 is 34.5 Å². The summed E-state index contributed by atoms with van der Waals surface area (Å²) in [5.41, 5.74) is 0.835. The molecule has 0 saturated carbocycles. The molecule has 0 unspecified atom stereocenters. The van der Waals surface area contributed by atoms with Crippen LogP contribution in [0.5, 0.6) is 0 Å². The highest BCUT2D eigenvalue weighted by molar-refractivity contribution is 6.31. The summed E-state index contributed by atoms with van der Waals surface area (Å²) in [5, 5.41) is 3.40. The second kappa shape index (κ2) is 5.27. The number of ether oxygens (including phenoxy) is 1. The van der Waals surface area contributed by atoms with E-state index in [2.05, 4.69) is 10.3 Å². The summed E-state index contributed by atoms with van der Waals surface area (Å²) in [6, 6.07) is 3.15. The standard InChI is InChI=1S/C12H12ClN3O3/c1-14-10(17)6-16-9(13)5-8-7(12(18)19-2)3-4-15-11(8)16/h3-5H,6H2,1-2H3,(H,14,17). The first-order valence-electron chi connectivity index (χ1n) is 5.51. The molecule has 1 amide bonds. The molecule has 0 fully saturated rings. The fourth-order valence-electron chi connectivity index (χ4n) is 1.78. The number of esters is 1. The smallest absolute Gasteiger partial charge is 0.338 e. The van der Waals surface area contributed by atoms with Crippen molar-refractivity contribution in [3.8, 4) is 0 Å². The Balaban J connectivity index is 2.59. The molecule has 0 aliphatic rings. The zero-order chi connectivity index (χ0) is 14.0. The van der Waals surface area contributed by atoms with Gasteiger partial charge in [0.1, 0.15) is 17.3 Å². The molecular formula is C12H12ClN3O3. The molecule has 0 aliphatic carbocycles. The Kier molecular flexibility index (Phi) is 3.71. The second-order valence-corrected chi connectivity index (χ2v) is 4.20. The van der Waals surface area contributed by atoms with Crippen LogP contribution in [0, 0.1) is 0 Å². The minimum Gasteiger partial charge on any atom is -0.465 e. The van der Waals surface area contributed by atoms with Gasteiger partial charge in [-0.05, 0) is 12.1 Å². The summed E-state index contributed by atoms with van der Waals surface area (Å²) in [6.45, 7) is 0.0382. The van der Waals surface area contributed by atoms with E-state index >= 15 is 0 Å². The molecule has 7 heteroatoms. The third-order valence-corrected chi connectivity index (χ3v) is 3.05. The normalized spacial score (nSPS) is 10.5. The molecule has 0 bridgehead atoms. The molecule has 100 valence electrons. The fraction of sp³-hybridized carbons (Fsp3) is 0.250. The average molecular weight is 282 g/mol. The second-order valence-electron chi connectivity index (χ2n) is 3.81. The van der Waals surface area contributed by atoms with Gasteiger partial charge in [-0.1, -0.05) is 11.6 Å². The lowest BCUT2D eigenvalue weighted by molar-refractivity contribution is -0.121. The molecule has 0 radical (unpaired) electrons. The van der Waals surface area contributed by atoms with Gasteiger partial charge in [0, 0.05) is 18.6 Å². The predicted octanol–water partition coefficient (Wildman–Crippen LogP) is 1.22. The van der Waals surface area contributed by atoms with Gasteiger partial charge >= 0.3 is 5.97 Å². The number of amides is 1. The first-order valence-corrected chi connectivity index (χ1v) is 5.89. The number of hydrogen-bond acceptors (Lipinski definition) is 4. The van der Waals surface area contributed by atoms with Crippen molar-refractivity contribution in [3.05, 3.63) is 29.0 Å². The van der Waals surface area contributed by atoms with Gasteiger partial charge in [0.05, 0.1) is 12.7 Å². The van der Waals surface area contributed by atoms with Crippen LogP contribution in [0.15, 0.2) is 18.3 Å². The van der Waals surface area contributed by atoms with Crippen molar-refractivity contribution in [1.29, 1.82) is 0 Å². The Morgan fingerprint density at radius 2 is 2.26 bits per heavy atom. The van der Waals surface area contributed by atoms with E-state index in [1.54, 1.807) is 12.1 Å². The summed E-state index contributed by atoms with van der Waals surface area (Å²) in [4.78, 5) is 27.2. The average Bonchev–Trinajstić information content (AvgIpc) is 2.74. The quantitative estimate of drug-likeness (QED) is 0.859. The van der Waals surface area contributed by atoms with Crippen LogP contribution in [-0.2, 0) is 16.1 Å². The summed E-state index contributed by atoms with van der Waals surface area (Å²) in [6.07, 6.45) is 1.48. The Hall–Kier alpha value is -2.08. The highest BCUT2D eigenvalue weighted by Gasteiger charge is 2.17. The number of fused-ring (bicyclic) bond motifs is 1. The third-order valence-electron chi connectivity index (χ3n) is 2.73. The van der Waals surface area contributed by atoms with Gasteiger partial charge in [-0.25, -0.2) is 9.78 Å². The molecule has 2 heterocycles. The van der Waals surface area contributed by atoms with E-state index in [0.29, 0.717) is 21.7 Å². The minimum absolute atomic E-state index is 0.0382. The van der Waals surface area contributed by atoms with E-state index < -0.39 is 5.97 Å². The topological polar surface area (TPSA) is 73.2 Å². The van der Waals surface area contributed by atoms with Gasteiger partial charge in [0.25, 0.3) is 0 Å². The molecule has 19 heavy (non-hydrogen) atoms. The van der Waals surface area contributed by atoms with Gasteiger partial charge in [-0.3, -0.25) is 4.79 Å². The molecule has 6 nitrogen and oxygen atoms in total. The molecule has 0 saturated heterocycles. The van der Waals surface area contributed by atoms with Gasteiger partial charge in [0.2, 0.25) is 5.91 Å². The molecule has 1 N–H and O–H groups in total. The van der Waals surface area contributed by atoms with Crippen LogP contribution >= 0.6 is 11.6 Å². The van der Waals surface area contributed by atoms with E-state index in [0.717, 1.165) is 0 Å². The van der Waals surface area contributed by atoms with Gasteiger partial charge in [-0.15, -0.1) is 0 Å². The Morgan fingerprint density at radius 3 is 2.89 bits per heavy atom. The summed E-state index contributed by atoms with van der Waals surface area (Å²) in [5.74, 6) is -0.675. The summed E-state index contributed by atoms with van der Waals surface area (Å²) in [7, 11) is 2.84. The van der Waals surface area contributed by atoms with E-state index in [1.165, 1.54) is 24.9 Å². The number of nitrogens with zero attached hydrogens (tertiary/aromatic N) is 2.